The molecule has 2 aromatic heterocycles. The first-order valence-electron chi connectivity index (χ1n) is 8.83. The summed E-state index contributed by atoms with van der Waals surface area (Å²) in [4.78, 5) is 14.7. The minimum atomic E-state index is -0.00797. The van der Waals surface area contributed by atoms with Gasteiger partial charge in [-0.2, -0.15) is 0 Å². The molecule has 7 heteroatoms. The molecule has 1 aromatic carbocycles. The molecule has 1 amide bonds. The van der Waals surface area contributed by atoms with Gasteiger partial charge < -0.3 is 10.2 Å². The Bertz CT molecular complexity index is 846. The summed E-state index contributed by atoms with van der Waals surface area (Å²) in [6.07, 6.45) is 5.82. The quantitative estimate of drug-likeness (QED) is 0.753. The lowest BCUT2D eigenvalue weighted by Gasteiger charge is -2.31. The largest absolute Gasteiger partial charge is 0.352 e. The van der Waals surface area contributed by atoms with E-state index in [9.17, 15) is 4.79 Å². The number of nitrogens with zero attached hydrogens (tertiary/aromatic N) is 4. The third-order valence-electron chi connectivity index (χ3n) is 4.60. The summed E-state index contributed by atoms with van der Waals surface area (Å²) in [5.74, 6) is 0.111. The Labute approximate surface area is 156 Å². The zero-order chi connectivity index (χ0) is 17.8. The standard InChI is InChI=1S/C19H21N5OS/c25-17(20-13-15-7-2-1-3-8-15)16-9-6-12-24(14-16)19-22-21-18(26-19)23-10-4-5-11-23/h1-5,7-8,10-11,16H,6,9,12-14H2,(H,20,25)/t16-/m0/s1. The Hall–Kier alpha value is -2.67. The molecule has 1 aliphatic heterocycles. The average Bonchev–Trinajstić information content (AvgIpc) is 3.38. The van der Waals surface area contributed by atoms with Crippen molar-refractivity contribution in [3.05, 3.63) is 60.4 Å². The van der Waals surface area contributed by atoms with Crippen LogP contribution < -0.4 is 10.2 Å². The monoisotopic (exact) mass is 367 g/mol. The second kappa shape index (κ2) is 7.70. The van der Waals surface area contributed by atoms with Crippen LogP contribution in [-0.4, -0.2) is 33.8 Å². The van der Waals surface area contributed by atoms with Crippen LogP contribution in [0.1, 0.15) is 18.4 Å². The maximum absolute atomic E-state index is 12.6. The molecule has 0 radical (unpaired) electrons. The molecule has 3 aromatic rings. The first-order valence-corrected chi connectivity index (χ1v) is 9.65. The molecule has 4 rings (SSSR count). The summed E-state index contributed by atoms with van der Waals surface area (Å²) in [5.41, 5.74) is 1.12. The normalized spacial score (nSPS) is 17.2. The van der Waals surface area contributed by atoms with Gasteiger partial charge in [-0.1, -0.05) is 41.7 Å². The molecule has 1 aliphatic rings. The molecule has 0 unspecified atom stereocenters. The van der Waals surface area contributed by atoms with Crippen molar-refractivity contribution in [2.24, 2.45) is 5.92 Å². The lowest BCUT2D eigenvalue weighted by molar-refractivity contribution is -0.125. The van der Waals surface area contributed by atoms with Crippen LogP contribution in [0.4, 0.5) is 5.13 Å². The van der Waals surface area contributed by atoms with Gasteiger partial charge in [-0.3, -0.25) is 9.36 Å². The molecular weight excluding hydrogens is 346 g/mol. The van der Waals surface area contributed by atoms with E-state index in [-0.39, 0.29) is 11.8 Å². The first kappa shape index (κ1) is 16.8. The number of rotatable bonds is 5. The molecule has 0 aliphatic carbocycles. The lowest BCUT2D eigenvalue weighted by Crippen LogP contribution is -2.43. The van der Waals surface area contributed by atoms with E-state index in [1.165, 1.54) is 0 Å². The van der Waals surface area contributed by atoms with Gasteiger partial charge in [0.25, 0.3) is 0 Å². The maximum Gasteiger partial charge on any atom is 0.225 e. The molecule has 1 atom stereocenters. The van der Waals surface area contributed by atoms with Gasteiger partial charge in [-0.15, -0.1) is 10.2 Å². The van der Waals surface area contributed by atoms with Crippen LogP contribution in [0.5, 0.6) is 0 Å². The van der Waals surface area contributed by atoms with Crippen molar-refractivity contribution in [2.45, 2.75) is 19.4 Å². The van der Waals surface area contributed by atoms with Crippen molar-refractivity contribution in [3.8, 4) is 5.13 Å². The van der Waals surface area contributed by atoms with Gasteiger partial charge in [0, 0.05) is 32.0 Å². The minimum absolute atomic E-state index is 0.00797. The number of nitrogens with one attached hydrogen (secondary N) is 1. The van der Waals surface area contributed by atoms with Gasteiger partial charge in [0.15, 0.2) is 0 Å². The van der Waals surface area contributed by atoms with Crippen LogP contribution >= 0.6 is 11.3 Å². The Balaban J connectivity index is 1.37. The number of aromatic nitrogens is 3. The van der Waals surface area contributed by atoms with Crippen LogP contribution in [0, 0.1) is 5.92 Å². The fourth-order valence-electron chi connectivity index (χ4n) is 3.20. The van der Waals surface area contributed by atoms with Gasteiger partial charge >= 0.3 is 0 Å². The van der Waals surface area contributed by atoms with E-state index in [0.29, 0.717) is 13.1 Å². The van der Waals surface area contributed by atoms with E-state index in [1.54, 1.807) is 11.3 Å². The average molecular weight is 367 g/mol. The number of amides is 1. The summed E-state index contributed by atoms with van der Waals surface area (Å²) in [5, 5.41) is 13.4. The van der Waals surface area contributed by atoms with Crippen LogP contribution in [0.3, 0.4) is 0 Å². The van der Waals surface area contributed by atoms with E-state index in [4.69, 9.17) is 0 Å². The number of carbonyl (C=O) groups excluding carboxylic acids is 1. The molecule has 1 fully saturated rings. The van der Waals surface area contributed by atoms with E-state index in [1.807, 2.05) is 59.4 Å². The fourth-order valence-corrected chi connectivity index (χ4v) is 4.05. The summed E-state index contributed by atoms with van der Waals surface area (Å²) in [7, 11) is 0. The van der Waals surface area contributed by atoms with E-state index < -0.39 is 0 Å². The third kappa shape index (κ3) is 3.77. The molecule has 6 nitrogen and oxygen atoms in total. The topological polar surface area (TPSA) is 63.1 Å². The molecule has 1 saturated heterocycles. The van der Waals surface area contributed by atoms with Crippen molar-refractivity contribution in [1.82, 2.24) is 20.1 Å². The summed E-state index contributed by atoms with van der Waals surface area (Å²) < 4.78 is 1.95. The van der Waals surface area contributed by atoms with Crippen molar-refractivity contribution in [1.29, 1.82) is 0 Å². The van der Waals surface area contributed by atoms with Gasteiger partial charge in [-0.25, -0.2) is 0 Å². The SMILES string of the molecule is O=C(NCc1ccccc1)[C@H]1CCCN(c2nnc(-n3cccc3)s2)C1. The van der Waals surface area contributed by atoms with Gasteiger partial charge in [0.2, 0.25) is 16.2 Å². The van der Waals surface area contributed by atoms with Crippen molar-refractivity contribution >= 4 is 22.4 Å². The van der Waals surface area contributed by atoms with Crippen LogP contribution in [0.25, 0.3) is 5.13 Å². The number of piperidine rings is 1. The summed E-state index contributed by atoms with van der Waals surface area (Å²) >= 11 is 1.56. The van der Waals surface area contributed by atoms with Crippen LogP contribution in [0.15, 0.2) is 54.9 Å². The Kier molecular flexibility index (Phi) is 4.97. The van der Waals surface area contributed by atoms with Gasteiger partial charge in [0.1, 0.15) is 0 Å². The van der Waals surface area contributed by atoms with E-state index >= 15 is 0 Å². The third-order valence-corrected chi connectivity index (χ3v) is 5.60. The number of carbonyl (C=O) groups is 1. The van der Waals surface area contributed by atoms with E-state index in [0.717, 1.165) is 35.2 Å². The zero-order valence-electron chi connectivity index (χ0n) is 14.4. The lowest BCUT2D eigenvalue weighted by atomic mass is 9.97. The van der Waals surface area contributed by atoms with Crippen LogP contribution in [-0.2, 0) is 11.3 Å². The molecular formula is C19H21N5OS. The fraction of sp³-hybridized carbons (Fsp3) is 0.316. The molecule has 134 valence electrons. The van der Waals surface area contributed by atoms with Crippen molar-refractivity contribution in [2.75, 3.05) is 18.0 Å². The zero-order valence-corrected chi connectivity index (χ0v) is 15.2. The molecule has 3 heterocycles. The van der Waals surface area contributed by atoms with E-state index in [2.05, 4.69) is 20.4 Å². The Morgan fingerprint density at radius 1 is 1.12 bits per heavy atom. The number of hydrogen-bond acceptors (Lipinski definition) is 5. The first-order chi connectivity index (χ1) is 12.8. The smallest absolute Gasteiger partial charge is 0.225 e. The molecule has 0 spiro atoms. The number of hydrogen-bond donors (Lipinski definition) is 1. The highest BCUT2D eigenvalue weighted by atomic mass is 32.1. The van der Waals surface area contributed by atoms with Gasteiger partial charge in [-0.05, 0) is 30.5 Å². The maximum atomic E-state index is 12.6. The Morgan fingerprint density at radius 2 is 1.88 bits per heavy atom. The minimum Gasteiger partial charge on any atom is -0.352 e. The van der Waals surface area contributed by atoms with Crippen LogP contribution in [0.2, 0.25) is 0 Å². The number of benzene rings is 1. The van der Waals surface area contributed by atoms with Crippen molar-refractivity contribution in [3.63, 3.8) is 0 Å². The molecule has 0 saturated carbocycles. The predicted molar refractivity (Wildman–Crippen MR) is 102 cm³/mol. The molecule has 0 bridgehead atoms. The highest BCUT2D eigenvalue weighted by Crippen LogP contribution is 2.27. The molecule has 1 N–H and O–H groups in total. The Morgan fingerprint density at radius 3 is 2.69 bits per heavy atom. The second-order valence-electron chi connectivity index (χ2n) is 6.45. The highest BCUT2D eigenvalue weighted by molar-refractivity contribution is 7.17. The van der Waals surface area contributed by atoms with Crippen molar-refractivity contribution < 1.29 is 4.79 Å². The summed E-state index contributed by atoms with van der Waals surface area (Å²) in [6.45, 7) is 2.19. The molecule has 26 heavy (non-hydrogen) atoms. The second-order valence-corrected chi connectivity index (χ2v) is 7.38. The summed E-state index contributed by atoms with van der Waals surface area (Å²) in [6, 6.07) is 13.9. The van der Waals surface area contributed by atoms with Gasteiger partial charge in [0.05, 0.1) is 5.92 Å². The highest BCUT2D eigenvalue weighted by Gasteiger charge is 2.27. The number of anilines is 1. The predicted octanol–water partition coefficient (Wildman–Crippen LogP) is 2.86.